The van der Waals surface area contributed by atoms with Gasteiger partial charge in [-0.05, 0) is 0 Å². The van der Waals surface area contributed by atoms with E-state index in [1.165, 1.54) is 11.3 Å². The van der Waals surface area contributed by atoms with Crippen LogP contribution in [0.5, 0.6) is 5.19 Å². The van der Waals surface area contributed by atoms with Crippen LogP contribution in [0.25, 0.3) is 10.2 Å². The topological polar surface area (TPSA) is 39.2 Å². The molecule has 0 aliphatic carbocycles. The molecule has 0 aliphatic rings. The summed E-state index contributed by atoms with van der Waals surface area (Å²) in [6, 6.07) is 7.69. The first-order valence-electron chi connectivity index (χ1n) is 3.50. The van der Waals surface area contributed by atoms with Crippen molar-refractivity contribution >= 4 is 29.5 Å². The van der Waals surface area contributed by atoms with Crippen molar-refractivity contribution in [2.45, 2.75) is 0 Å². The van der Waals surface area contributed by atoms with Crippen molar-refractivity contribution in [3.05, 3.63) is 24.3 Å². The molecule has 64 valence electrons. The van der Waals surface area contributed by atoms with Crippen molar-refractivity contribution in [3.8, 4) is 11.0 Å². The molecule has 1 aromatic heterocycles. The van der Waals surface area contributed by atoms with E-state index in [4.69, 9.17) is 4.74 Å². The van der Waals surface area contributed by atoms with Gasteiger partial charge in [-0.2, -0.15) is 0 Å². The number of aromatic nitrogens is 1. The first-order chi connectivity index (χ1) is 6.40. The normalized spacial score (nSPS) is 9.54. The predicted molar refractivity (Wildman–Crippen MR) is 51.7 cm³/mol. The van der Waals surface area contributed by atoms with Gasteiger partial charge in [0.15, 0.2) is 0 Å². The number of hydrogen-bond acceptors (Lipinski definition) is 4. The van der Waals surface area contributed by atoms with Gasteiger partial charge in [0, 0.05) is 0 Å². The molecule has 0 saturated heterocycles. The van der Waals surface area contributed by atoms with Crippen LogP contribution in [0.4, 0.5) is 0 Å². The number of rotatable bonds is 1. The Bertz CT molecular complexity index is 498. The van der Waals surface area contributed by atoms with Gasteiger partial charge in [-0.15, -0.1) is 0 Å². The van der Waals surface area contributed by atoms with E-state index >= 15 is 0 Å². The summed E-state index contributed by atoms with van der Waals surface area (Å²) >= 11 is 1.40. The first kappa shape index (κ1) is 8.52. The molecule has 2 aromatic rings. The Hall–Kier alpha value is -1.08. The summed E-state index contributed by atoms with van der Waals surface area (Å²) in [4.78, 5) is 4.14. The van der Waals surface area contributed by atoms with Gasteiger partial charge in [0.1, 0.15) is 0 Å². The van der Waals surface area contributed by atoms with Crippen LogP contribution in [0.1, 0.15) is 0 Å². The second-order valence-electron chi connectivity index (χ2n) is 2.23. The molecular formula is C8H4NO2PS. The van der Waals surface area contributed by atoms with Gasteiger partial charge in [0.05, 0.1) is 0 Å². The fraction of sp³-hybridized carbons (Fsp3) is 0. The van der Waals surface area contributed by atoms with Crippen LogP contribution in [-0.4, -0.2) is 4.98 Å². The van der Waals surface area contributed by atoms with Crippen molar-refractivity contribution < 1.29 is 9.30 Å². The maximum atomic E-state index is 10.0. The molecule has 0 aliphatic heterocycles. The molecule has 2 rings (SSSR count). The summed E-state index contributed by atoms with van der Waals surface area (Å²) in [7, 11) is -0.267. The average molecular weight is 209 g/mol. The summed E-state index contributed by atoms with van der Waals surface area (Å²) in [5, 5.41) is 0.463. The number of hydrogen-bond donors (Lipinski definition) is 0. The second kappa shape index (κ2) is 3.75. The van der Waals surface area contributed by atoms with Crippen LogP contribution in [0.2, 0.25) is 0 Å². The van der Waals surface area contributed by atoms with E-state index < -0.39 is 0 Å². The molecule has 0 radical (unpaired) electrons. The van der Waals surface area contributed by atoms with Crippen molar-refractivity contribution in [1.82, 2.24) is 4.98 Å². The van der Waals surface area contributed by atoms with Gasteiger partial charge in [-0.25, -0.2) is 0 Å². The molecule has 0 fully saturated rings. The molecule has 0 spiro atoms. The van der Waals surface area contributed by atoms with Gasteiger partial charge in [0.2, 0.25) is 0 Å². The van der Waals surface area contributed by atoms with Crippen LogP contribution in [-0.2, 0) is 4.57 Å². The van der Waals surface area contributed by atoms with E-state index in [-0.39, 0.29) is 7.92 Å². The Morgan fingerprint density at radius 3 is 3.08 bits per heavy atom. The molecule has 13 heavy (non-hydrogen) atoms. The summed E-state index contributed by atoms with van der Waals surface area (Å²) in [6.07, 6.45) is 0. The second-order valence-corrected chi connectivity index (χ2v) is 3.59. The average Bonchev–Trinajstić information content (AvgIpc) is 2.57. The Kier molecular flexibility index (Phi) is 2.46. The number of benzene rings is 1. The molecule has 1 heterocycles. The van der Waals surface area contributed by atoms with Crippen LogP contribution >= 0.6 is 19.3 Å². The molecule has 0 saturated carbocycles. The number of thiazole rings is 1. The monoisotopic (exact) mass is 209 g/mol. The molecule has 0 atom stereocenters. The first-order valence-corrected chi connectivity index (χ1v) is 5.13. The molecule has 0 N–H and O–H groups in total. The van der Waals surface area contributed by atoms with E-state index in [9.17, 15) is 4.57 Å². The van der Waals surface area contributed by atoms with E-state index in [0.717, 1.165) is 10.2 Å². The van der Waals surface area contributed by atoms with Gasteiger partial charge >= 0.3 is 79.0 Å². The zero-order valence-electron chi connectivity index (χ0n) is 6.43. The van der Waals surface area contributed by atoms with Crippen LogP contribution in [0.3, 0.4) is 0 Å². The molecule has 0 bridgehead atoms. The molecule has 3 nitrogen and oxygen atoms in total. The molecular weight excluding hydrogens is 205 g/mol. The Balaban J connectivity index is 2.47. The number of ether oxygens (including phenoxy) is 1. The SMILES string of the molecule is O=P#COc1nc2ccccc2s1. The van der Waals surface area contributed by atoms with Gasteiger partial charge in [-0.3, -0.25) is 0 Å². The van der Waals surface area contributed by atoms with Crippen molar-refractivity contribution in [2.24, 2.45) is 0 Å². The van der Waals surface area contributed by atoms with Crippen LogP contribution in [0, 0.1) is 5.81 Å². The third kappa shape index (κ3) is 1.81. The third-order valence-corrected chi connectivity index (χ3v) is 2.52. The summed E-state index contributed by atoms with van der Waals surface area (Å²) < 4.78 is 15.9. The third-order valence-electron chi connectivity index (χ3n) is 1.44. The van der Waals surface area contributed by atoms with E-state index in [1.54, 1.807) is 0 Å². The summed E-state index contributed by atoms with van der Waals surface area (Å²) in [5.74, 6) is 2.19. The Morgan fingerprint density at radius 1 is 1.46 bits per heavy atom. The Morgan fingerprint density at radius 2 is 2.31 bits per heavy atom. The molecule has 0 amide bonds. The quantitative estimate of drug-likeness (QED) is 0.678. The zero-order chi connectivity index (χ0) is 9.10. The minimum absolute atomic E-state index is 0.267. The fourth-order valence-electron chi connectivity index (χ4n) is 0.952. The maximum absolute atomic E-state index is 10.0. The molecule has 1 aromatic carbocycles. The zero-order valence-corrected chi connectivity index (χ0v) is 8.14. The van der Waals surface area contributed by atoms with Crippen molar-refractivity contribution in [2.75, 3.05) is 0 Å². The fourth-order valence-corrected chi connectivity index (χ4v) is 1.92. The van der Waals surface area contributed by atoms with Gasteiger partial charge < -0.3 is 0 Å². The van der Waals surface area contributed by atoms with Crippen LogP contribution in [0.15, 0.2) is 24.3 Å². The standard InChI is InChI=1S/C8H4NO2PS/c10-12-5-11-8-9-6-3-1-2-4-7(6)13-8/h1-4H. The minimum atomic E-state index is -0.267. The summed E-state index contributed by atoms with van der Waals surface area (Å²) in [5.41, 5.74) is 0.881. The predicted octanol–water partition coefficient (Wildman–Crippen LogP) is 2.88. The van der Waals surface area contributed by atoms with Gasteiger partial charge in [-0.1, -0.05) is 0 Å². The Labute approximate surface area is 79.5 Å². The molecule has 5 heteroatoms. The van der Waals surface area contributed by atoms with Crippen molar-refractivity contribution in [1.29, 1.82) is 0 Å². The van der Waals surface area contributed by atoms with E-state index in [0.29, 0.717) is 5.19 Å². The number of nitrogens with zero attached hydrogens (tertiary/aromatic N) is 1. The van der Waals surface area contributed by atoms with Crippen LogP contribution < -0.4 is 4.74 Å². The van der Waals surface area contributed by atoms with E-state index in [2.05, 4.69) is 10.8 Å². The van der Waals surface area contributed by atoms with Gasteiger partial charge in [0.25, 0.3) is 0 Å². The number of fused-ring (bicyclic) bond motifs is 1. The summed E-state index contributed by atoms with van der Waals surface area (Å²) in [6.45, 7) is 0. The van der Waals surface area contributed by atoms with Crippen molar-refractivity contribution in [3.63, 3.8) is 0 Å². The van der Waals surface area contributed by atoms with E-state index in [1.807, 2.05) is 24.3 Å². The molecule has 0 unspecified atom stereocenters. The number of para-hydroxylation sites is 1.